The summed E-state index contributed by atoms with van der Waals surface area (Å²) in [4.78, 5) is 0. The Morgan fingerprint density at radius 2 is 1.56 bits per heavy atom. The number of benzene rings is 1. The minimum atomic E-state index is 0.591. The zero-order chi connectivity index (χ0) is 14.0. The molecule has 0 radical (unpaired) electrons. The summed E-state index contributed by atoms with van der Waals surface area (Å²) < 4.78 is 5.76. The molecule has 0 N–H and O–H groups in total. The van der Waals surface area contributed by atoms with Crippen molar-refractivity contribution < 1.29 is 4.74 Å². The standard InChI is InChI=1S/C15H24O.C2H6/c1-5-6-13(4)11-16-15-9-7-14(8-10-15)12(2)3;1-2/h7-10,12-13H,5-6,11H2,1-4H3;1-2H3. The molecule has 0 fully saturated rings. The van der Waals surface area contributed by atoms with Crippen LogP contribution < -0.4 is 4.74 Å². The quantitative estimate of drug-likeness (QED) is 0.633. The van der Waals surface area contributed by atoms with E-state index in [0.29, 0.717) is 11.8 Å². The Balaban J connectivity index is 0.00000137. The molecule has 1 nitrogen and oxygen atoms in total. The summed E-state index contributed by atoms with van der Waals surface area (Å²) in [6, 6.07) is 8.47. The average molecular weight is 250 g/mol. The Morgan fingerprint density at radius 3 is 2.00 bits per heavy atom. The van der Waals surface area contributed by atoms with Crippen LogP contribution in [0.1, 0.15) is 65.9 Å². The number of hydrogen-bond donors (Lipinski definition) is 0. The Bertz CT molecular complexity index is 287. The van der Waals surface area contributed by atoms with E-state index < -0.39 is 0 Å². The highest BCUT2D eigenvalue weighted by Gasteiger charge is 2.03. The fourth-order valence-electron chi connectivity index (χ4n) is 1.76. The first kappa shape index (κ1) is 17.0. The predicted octanol–water partition coefficient (Wildman–Crippen LogP) is 5.65. The topological polar surface area (TPSA) is 9.23 Å². The van der Waals surface area contributed by atoms with Gasteiger partial charge in [0.1, 0.15) is 5.75 Å². The fraction of sp³-hybridized carbons (Fsp3) is 0.647. The van der Waals surface area contributed by atoms with Crippen molar-refractivity contribution in [2.24, 2.45) is 5.92 Å². The van der Waals surface area contributed by atoms with E-state index in [4.69, 9.17) is 4.74 Å². The summed E-state index contributed by atoms with van der Waals surface area (Å²) in [5.74, 6) is 2.23. The van der Waals surface area contributed by atoms with E-state index in [1.165, 1.54) is 18.4 Å². The molecule has 0 bridgehead atoms. The summed E-state index contributed by atoms with van der Waals surface area (Å²) in [7, 11) is 0. The first-order valence-corrected chi connectivity index (χ1v) is 7.36. The second-order valence-electron chi connectivity index (χ2n) is 4.93. The molecule has 0 aliphatic rings. The fourth-order valence-corrected chi connectivity index (χ4v) is 1.76. The molecule has 18 heavy (non-hydrogen) atoms. The van der Waals surface area contributed by atoms with Crippen LogP contribution in [0, 0.1) is 5.92 Å². The molecule has 1 unspecified atom stereocenters. The largest absolute Gasteiger partial charge is 0.493 e. The van der Waals surface area contributed by atoms with Crippen LogP contribution in [0.3, 0.4) is 0 Å². The molecule has 0 amide bonds. The first-order valence-electron chi connectivity index (χ1n) is 7.36. The molecular weight excluding hydrogens is 220 g/mol. The Labute approximate surface area is 114 Å². The molecule has 0 heterocycles. The second kappa shape index (κ2) is 9.99. The zero-order valence-electron chi connectivity index (χ0n) is 13.0. The molecule has 1 rings (SSSR count). The molecule has 0 aromatic heterocycles. The van der Waals surface area contributed by atoms with Gasteiger partial charge in [-0.3, -0.25) is 0 Å². The molecule has 0 aliphatic carbocycles. The van der Waals surface area contributed by atoms with E-state index in [0.717, 1.165) is 12.4 Å². The van der Waals surface area contributed by atoms with Gasteiger partial charge < -0.3 is 4.74 Å². The Kier molecular flexibility index (Phi) is 9.45. The Morgan fingerprint density at radius 1 is 1.00 bits per heavy atom. The molecule has 1 atom stereocenters. The van der Waals surface area contributed by atoms with Crippen LogP contribution in [-0.4, -0.2) is 6.61 Å². The lowest BCUT2D eigenvalue weighted by Gasteiger charge is -2.13. The van der Waals surface area contributed by atoms with Gasteiger partial charge >= 0.3 is 0 Å². The lowest BCUT2D eigenvalue weighted by atomic mass is 10.0. The summed E-state index contributed by atoms with van der Waals surface area (Å²) in [6.45, 7) is 13.7. The maximum atomic E-state index is 5.76. The monoisotopic (exact) mass is 250 g/mol. The van der Waals surface area contributed by atoms with Gasteiger partial charge in [0.25, 0.3) is 0 Å². The molecule has 0 spiro atoms. The third-order valence-corrected chi connectivity index (χ3v) is 2.86. The van der Waals surface area contributed by atoms with Crippen LogP contribution in [0.25, 0.3) is 0 Å². The van der Waals surface area contributed by atoms with Gasteiger partial charge in [-0.15, -0.1) is 0 Å². The van der Waals surface area contributed by atoms with Crippen molar-refractivity contribution in [2.45, 2.75) is 60.3 Å². The normalized spacial score (nSPS) is 11.7. The molecule has 0 aliphatic heterocycles. The molecule has 1 aromatic rings. The van der Waals surface area contributed by atoms with Gasteiger partial charge in [-0.05, 0) is 36.0 Å². The number of rotatable bonds is 6. The van der Waals surface area contributed by atoms with Gasteiger partial charge in [0, 0.05) is 0 Å². The predicted molar refractivity (Wildman–Crippen MR) is 81.4 cm³/mol. The molecule has 104 valence electrons. The van der Waals surface area contributed by atoms with Gasteiger partial charge in [0.15, 0.2) is 0 Å². The van der Waals surface area contributed by atoms with Crippen molar-refractivity contribution >= 4 is 0 Å². The zero-order valence-corrected chi connectivity index (χ0v) is 13.0. The summed E-state index contributed by atoms with van der Waals surface area (Å²) >= 11 is 0. The molecule has 1 aromatic carbocycles. The highest BCUT2D eigenvalue weighted by molar-refractivity contribution is 5.28. The third kappa shape index (κ3) is 6.68. The minimum Gasteiger partial charge on any atom is -0.493 e. The van der Waals surface area contributed by atoms with E-state index in [1.807, 2.05) is 13.8 Å². The van der Waals surface area contributed by atoms with Crippen molar-refractivity contribution in [1.29, 1.82) is 0 Å². The van der Waals surface area contributed by atoms with Crippen LogP contribution in [0.4, 0.5) is 0 Å². The second-order valence-corrected chi connectivity index (χ2v) is 4.93. The van der Waals surface area contributed by atoms with Crippen molar-refractivity contribution in [3.63, 3.8) is 0 Å². The van der Waals surface area contributed by atoms with Gasteiger partial charge in [0.05, 0.1) is 6.61 Å². The smallest absolute Gasteiger partial charge is 0.119 e. The van der Waals surface area contributed by atoms with Gasteiger partial charge in [-0.1, -0.05) is 60.1 Å². The van der Waals surface area contributed by atoms with Crippen LogP contribution in [-0.2, 0) is 0 Å². The van der Waals surface area contributed by atoms with Crippen LogP contribution in [0.15, 0.2) is 24.3 Å². The Hall–Kier alpha value is -0.980. The van der Waals surface area contributed by atoms with E-state index in [9.17, 15) is 0 Å². The summed E-state index contributed by atoms with van der Waals surface area (Å²) in [5.41, 5.74) is 1.37. The van der Waals surface area contributed by atoms with E-state index >= 15 is 0 Å². The molecule has 0 saturated heterocycles. The highest BCUT2D eigenvalue weighted by atomic mass is 16.5. The average Bonchev–Trinajstić information content (AvgIpc) is 2.39. The van der Waals surface area contributed by atoms with Crippen LogP contribution >= 0.6 is 0 Å². The van der Waals surface area contributed by atoms with Crippen LogP contribution in [0.2, 0.25) is 0 Å². The molecule has 1 heteroatoms. The van der Waals surface area contributed by atoms with Crippen molar-refractivity contribution in [1.82, 2.24) is 0 Å². The summed E-state index contributed by atoms with van der Waals surface area (Å²) in [5, 5.41) is 0. The minimum absolute atomic E-state index is 0.591. The summed E-state index contributed by atoms with van der Waals surface area (Å²) in [6.07, 6.45) is 2.47. The van der Waals surface area contributed by atoms with E-state index in [2.05, 4.69) is 52.0 Å². The highest BCUT2D eigenvalue weighted by Crippen LogP contribution is 2.19. The van der Waals surface area contributed by atoms with Crippen molar-refractivity contribution in [3.8, 4) is 5.75 Å². The molecular formula is C17H30O. The van der Waals surface area contributed by atoms with Gasteiger partial charge in [-0.2, -0.15) is 0 Å². The van der Waals surface area contributed by atoms with E-state index in [-0.39, 0.29) is 0 Å². The van der Waals surface area contributed by atoms with Gasteiger partial charge in [-0.25, -0.2) is 0 Å². The van der Waals surface area contributed by atoms with Crippen molar-refractivity contribution in [3.05, 3.63) is 29.8 Å². The van der Waals surface area contributed by atoms with Crippen LogP contribution in [0.5, 0.6) is 5.75 Å². The molecule has 0 saturated carbocycles. The maximum absolute atomic E-state index is 5.76. The lowest BCUT2D eigenvalue weighted by molar-refractivity contribution is 0.251. The van der Waals surface area contributed by atoms with Gasteiger partial charge in [0.2, 0.25) is 0 Å². The first-order chi connectivity index (χ1) is 8.63. The maximum Gasteiger partial charge on any atom is 0.119 e. The van der Waals surface area contributed by atoms with Crippen molar-refractivity contribution in [2.75, 3.05) is 6.61 Å². The van der Waals surface area contributed by atoms with E-state index in [1.54, 1.807) is 0 Å². The SMILES string of the molecule is CC.CCCC(C)COc1ccc(C(C)C)cc1. The lowest BCUT2D eigenvalue weighted by Crippen LogP contribution is -2.08. The third-order valence-electron chi connectivity index (χ3n) is 2.86. The number of hydrogen-bond acceptors (Lipinski definition) is 1. The number of ether oxygens (including phenoxy) is 1.